The van der Waals surface area contributed by atoms with Gasteiger partial charge in [-0.3, -0.25) is 4.79 Å². The zero-order valence-electron chi connectivity index (χ0n) is 12.6. The van der Waals surface area contributed by atoms with Crippen LogP contribution in [0.3, 0.4) is 0 Å². The summed E-state index contributed by atoms with van der Waals surface area (Å²) in [5.74, 6) is 0.850. The van der Waals surface area contributed by atoms with Crippen LogP contribution in [0.15, 0.2) is 18.2 Å². The molecule has 0 saturated carbocycles. The Morgan fingerprint density at radius 3 is 2.81 bits per heavy atom. The highest BCUT2D eigenvalue weighted by atomic mass is 35.5. The van der Waals surface area contributed by atoms with Crippen molar-refractivity contribution < 1.29 is 4.79 Å². The van der Waals surface area contributed by atoms with Crippen molar-refractivity contribution in [1.82, 2.24) is 4.90 Å². The Kier molecular flexibility index (Phi) is 5.88. The van der Waals surface area contributed by atoms with Crippen LogP contribution in [0.4, 0.5) is 11.4 Å². The third-order valence-corrected chi connectivity index (χ3v) is 4.46. The van der Waals surface area contributed by atoms with Gasteiger partial charge in [0.15, 0.2) is 0 Å². The minimum Gasteiger partial charge on any atom is -0.397 e. The van der Waals surface area contributed by atoms with E-state index in [1.807, 2.05) is 0 Å². The van der Waals surface area contributed by atoms with Crippen LogP contribution >= 0.6 is 11.6 Å². The molecule has 116 valence electrons. The number of amides is 1. The fourth-order valence-electron chi connectivity index (χ4n) is 2.73. The lowest BCUT2D eigenvalue weighted by Crippen LogP contribution is -2.35. The van der Waals surface area contributed by atoms with E-state index in [1.54, 1.807) is 18.2 Å². The molecule has 1 amide bonds. The molecule has 0 radical (unpaired) electrons. The van der Waals surface area contributed by atoms with Crippen LogP contribution in [0.2, 0.25) is 5.02 Å². The van der Waals surface area contributed by atoms with Crippen molar-refractivity contribution in [2.45, 2.75) is 32.6 Å². The maximum atomic E-state index is 12.0. The Morgan fingerprint density at radius 1 is 1.43 bits per heavy atom. The third-order valence-electron chi connectivity index (χ3n) is 4.23. The van der Waals surface area contributed by atoms with Crippen molar-refractivity contribution in [3.8, 4) is 0 Å². The molecule has 1 aromatic rings. The van der Waals surface area contributed by atoms with E-state index in [2.05, 4.69) is 17.1 Å². The van der Waals surface area contributed by atoms with Gasteiger partial charge in [-0.25, -0.2) is 0 Å². The van der Waals surface area contributed by atoms with Gasteiger partial charge in [0, 0.05) is 18.0 Å². The molecule has 1 aliphatic rings. The van der Waals surface area contributed by atoms with E-state index in [-0.39, 0.29) is 5.91 Å². The van der Waals surface area contributed by atoms with Crippen molar-refractivity contribution in [3.05, 3.63) is 23.2 Å². The number of nitrogens with two attached hydrogens (primary N) is 1. The molecule has 0 spiro atoms. The molecule has 1 aromatic carbocycles. The van der Waals surface area contributed by atoms with E-state index < -0.39 is 0 Å². The zero-order valence-corrected chi connectivity index (χ0v) is 13.3. The summed E-state index contributed by atoms with van der Waals surface area (Å²) in [6.07, 6.45) is 4.25. The number of anilines is 2. The average Bonchev–Trinajstić information content (AvgIpc) is 2.49. The quantitative estimate of drug-likeness (QED) is 0.820. The maximum Gasteiger partial charge on any atom is 0.225 e. The highest BCUT2D eigenvalue weighted by molar-refractivity contribution is 6.31. The number of halogens is 1. The molecule has 1 heterocycles. The average molecular weight is 310 g/mol. The fourth-order valence-corrected chi connectivity index (χ4v) is 2.90. The van der Waals surface area contributed by atoms with Crippen molar-refractivity contribution in [2.75, 3.05) is 30.7 Å². The minimum atomic E-state index is -0.0124. The first-order chi connectivity index (χ1) is 10.1. The molecular weight excluding hydrogens is 286 g/mol. The topological polar surface area (TPSA) is 58.4 Å². The van der Waals surface area contributed by atoms with Gasteiger partial charge >= 0.3 is 0 Å². The highest BCUT2D eigenvalue weighted by Crippen LogP contribution is 2.23. The molecule has 1 fully saturated rings. The Hall–Kier alpha value is -1.26. The molecule has 21 heavy (non-hydrogen) atoms. The molecule has 4 nitrogen and oxygen atoms in total. The molecule has 3 N–H and O–H groups in total. The first-order valence-electron chi connectivity index (χ1n) is 7.65. The molecule has 0 atom stereocenters. The van der Waals surface area contributed by atoms with Crippen molar-refractivity contribution >= 4 is 28.9 Å². The SMILES string of the molecule is CCC1CCN(CCC(=O)Nc2cc(Cl)ccc2N)CC1. The normalized spacial score (nSPS) is 16.9. The van der Waals surface area contributed by atoms with E-state index in [4.69, 9.17) is 17.3 Å². The summed E-state index contributed by atoms with van der Waals surface area (Å²) in [7, 11) is 0. The molecule has 1 aliphatic heterocycles. The maximum absolute atomic E-state index is 12.0. The van der Waals surface area contributed by atoms with Crippen LogP contribution in [-0.4, -0.2) is 30.4 Å². The van der Waals surface area contributed by atoms with E-state index in [0.29, 0.717) is 22.8 Å². The number of nitrogen functional groups attached to an aromatic ring is 1. The molecule has 2 rings (SSSR count). The Labute approximate surface area is 131 Å². The molecule has 1 saturated heterocycles. The second-order valence-corrected chi connectivity index (χ2v) is 6.16. The van der Waals surface area contributed by atoms with E-state index >= 15 is 0 Å². The van der Waals surface area contributed by atoms with Crippen LogP contribution in [0, 0.1) is 5.92 Å². The van der Waals surface area contributed by atoms with Gasteiger partial charge in [-0.2, -0.15) is 0 Å². The predicted molar refractivity (Wildman–Crippen MR) is 88.6 cm³/mol. The summed E-state index contributed by atoms with van der Waals surface area (Å²) < 4.78 is 0. The fraction of sp³-hybridized carbons (Fsp3) is 0.562. The van der Waals surface area contributed by atoms with E-state index in [0.717, 1.165) is 25.6 Å². The van der Waals surface area contributed by atoms with Gasteiger partial charge in [0.05, 0.1) is 11.4 Å². The van der Waals surface area contributed by atoms with Crippen LogP contribution in [-0.2, 0) is 4.79 Å². The standard InChI is InChI=1S/C16H24ClN3O/c1-2-12-5-8-20(9-6-12)10-7-16(21)19-15-11-13(17)3-4-14(15)18/h3-4,11-12H,2,5-10,18H2,1H3,(H,19,21). The summed E-state index contributed by atoms with van der Waals surface area (Å²) in [4.78, 5) is 14.4. The number of rotatable bonds is 5. The Bertz CT molecular complexity index is 484. The number of benzene rings is 1. The second kappa shape index (κ2) is 7.66. The van der Waals surface area contributed by atoms with Crippen LogP contribution in [0.5, 0.6) is 0 Å². The summed E-state index contributed by atoms with van der Waals surface area (Å²) in [5.41, 5.74) is 6.96. The largest absolute Gasteiger partial charge is 0.397 e. The molecule has 0 aromatic heterocycles. The zero-order chi connectivity index (χ0) is 15.2. The predicted octanol–water partition coefficient (Wildman–Crippen LogP) is 3.37. The van der Waals surface area contributed by atoms with Gasteiger partial charge in [-0.05, 0) is 50.0 Å². The summed E-state index contributed by atoms with van der Waals surface area (Å²) in [6, 6.07) is 5.10. The van der Waals surface area contributed by atoms with Crippen LogP contribution < -0.4 is 11.1 Å². The minimum absolute atomic E-state index is 0.0124. The number of likely N-dealkylation sites (tertiary alicyclic amines) is 1. The number of carbonyl (C=O) groups is 1. The summed E-state index contributed by atoms with van der Waals surface area (Å²) in [5, 5.41) is 3.41. The second-order valence-electron chi connectivity index (χ2n) is 5.72. The van der Waals surface area contributed by atoms with Crippen LogP contribution in [0.1, 0.15) is 32.6 Å². The van der Waals surface area contributed by atoms with E-state index in [9.17, 15) is 4.79 Å². The Morgan fingerprint density at radius 2 is 2.14 bits per heavy atom. The van der Waals surface area contributed by atoms with Gasteiger partial charge in [0.2, 0.25) is 5.91 Å². The van der Waals surface area contributed by atoms with Gasteiger partial charge in [-0.15, -0.1) is 0 Å². The van der Waals surface area contributed by atoms with Crippen LogP contribution in [0.25, 0.3) is 0 Å². The molecule has 0 unspecified atom stereocenters. The number of nitrogens with one attached hydrogen (secondary N) is 1. The number of piperidine rings is 1. The molecule has 5 heteroatoms. The first kappa shape index (κ1) is 16.1. The van der Waals surface area contributed by atoms with Crippen molar-refractivity contribution in [3.63, 3.8) is 0 Å². The van der Waals surface area contributed by atoms with Crippen molar-refractivity contribution in [2.24, 2.45) is 5.92 Å². The summed E-state index contributed by atoms with van der Waals surface area (Å²) in [6.45, 7) is 5.27. The Balaban J connectivity index is 1.76. The van der Waals surface area contributed by atoms with Gasteiger partial charge < -0.3 is 16.0 Å². The molecule has 0 aliphatic carbocycles. The first-order valence-corrected chi connectivity index (χ1v) is 8.03. The highest BCUT2D eigenvalue weighted by Gasteiger charge is 2.18. The smallest absolute Gasteiger partial charge is 0.225 e. The van der Waals surface area contributed by atoms with E-state index in [1.165, 1.54) is 19.3 Å². The summed E-state index contributed by atoms with van der Waals surface area (Å²) >= 11 is 5.91. The monoisotopic (exact) mass is 309 g/mol. The van der Waals surface area contributed by atoms with Gasteiger partial charge in [-0.1, -0.05) is 24.9 Å². The number of hydrogen-bond acceptors (Lipinski definition) is 3. The van der Waals surface area contributed by atoms with Crippen molar-refractivity contribution in [1.29, 1.82) is 0 Å². The number of nitrogens with zero attached hydrogens (tertiary/aromatic N) is 1. The lowest BCUT2D eigenvalue weighted by molar-refractivity contribution is -0.116. The molecule has 0 bridgehead atoms. The number of carbonyl (C=O) groups excluding carboxylic acids is 1. The number of hydrogen-bond donors (Lipinski definition) is 2. The lowest BCUT2D eigenvalue weighted by Gasteiger charge is -2.31. The lowest BCUT2D eigenvalue weighted by atomic mass is 9.94. The molecular formula is C16H24ClN3O. The van der Waals surface area contributed by atoms with Gasteiger partial charge in [0.1, 0.15) is 0 Å². The van der Waals surface area contributed by atoms with Gasteiger partial charge in [0.25, 0.3) is 0 Å². The third kappa shape index (κ3) is 4.90.